The molecule has 2 aromatic rings. The molecule has 5 heteroatoms. The number of amides is 1. The number of aliphatic hydroxyl groups excluding tert-OH is 1. The maximum atomic E-state index is 11.9. The number of carbonyl (C=O) groups is 1. The molecule has 1 aromatic heterocycles. The van der Waals surface area contributed by atoms with Gasteiger partial charge in [0, 0.05) is 12.1 Å². The van der Waals surface area contributed by atoms with Crippen molar-refractivity contribution in [3.8, 4) is 0 Å². The van der Waals surface area contributed by atoms with Crippen molar-refractivity contribution in [3.63, 3.8) is 0 Å². The van der Waals surface area contributed by atoms with Crippen molar-refractivity contribution < 1.29 is 14.4 Å². The van der Waals surface area contributed by atoms with Gasteiger partial charge in [-0.15, -0.1) is 0 Å². The third-order valence-electron chi connectivity index (χ3n) is 3.18. The molecule has 0 saturated carbocycles. The van der Waals surface area contributed by atoms with Gasteiger partial charge in [0.1, 0.15) is 5.76 Å². The lowest BCUT2D eigenvalue weighted by Crippen LogP contribution is -2.25. The molecule has 1 aromatic carbocycles. The zero-order valence-electron chi connectivity index (χ0n) is 11.6. The quantitative estimate of drug-likeness (QED) is 0.869. The van der Waals surface area contributed by atoms with Crippen LogP contribution in [0.3, 0.4) is 0 Å². The molecule has 0 aliphatic heterocycles. The molecule has 5 nitrogen and oxygen atoms in total. The Labute approximate surface area is 117 Å². The van der Waals surface area contributed by atoms with Gasteiger partial charge in [-0.05, 0) is 25.0 Å². The summed E-state index contributed by atoms with van der Waals surface area (Å²) in [6.07, 6.45) is 0.265. The minimum absolute atomic E-state index is 0.000858. The Kier molecular flexibility index (Phi) is 4.53. The molecule has 106 valence electrons. The predicted octanol–water partition coefficient (Wildman–Crippen LogP) is 1.64. The van der Waals surface area contributed by atoms with Crippen LogP contribution in [0.15, 0.2) is 28.8 Å². The van der Waals surface area contributed by atoms with Crippen LogP contribution in [-0.4, -0.2) is 16.2 Å². The minimum Gasteiger partial charge on any atom is -0.392 e. The molecule has 0 unspecified atom stereocenters. The fourth-order valence-electron chi connectivity index (χ4n) is 2.02. The summed E-state index contributed by atoms with van der Waals surface area (Å²) in [7, 11) is 0. The van der Waals surface area contributed by atoms with Crippen LogP contribution in [0.1, 0.15) is 28.1 Å². The van der Waals surface area contributed by atoms with Gasteiger partial charge in [0.15, 0.2) is 0 Å². The van der Waals surface area contributed by atoms with E-state index in [9.17, 15) is 4.79 Å². The number of aryl methyl sites for hydroxylation is 2. The molecule has 0 aliphatic rings. The van der Waals surface area contributed by atoms with Gasteiger partial charge in [-0.3, -0.25) is 4.79 Å². The number of hydrogen-bond donors (Lipinski definition) is 2. The number of nitrogens with one attached hydrogen (secondary N) is 1. The minimum atomic E-state index is -0.0752. The van der Waals surface area contributed by atoms with Gasteiger partial charge < -0.3 is 14.9 Å². The largest absolute Gasteiger partial charge is 0.392 e. The first-order valence-corrected chi connectivity index (χ1v) is 6.47. The van der Waals surface area contributed by atoms with Crippen LogP contribution in [0.25, 0.3) is 0 Å². The second-order valence-electron chi connectivity index (χ2n) is 4.73. The topological polar surface area (TPSA) is 75.4 Å². The molecular weight excluding hydrogens is 256 g/mol. The highest BCUT2D eigenvalue weighted by molar-refractivity contribution is 5.78. The predicted molar refractivity (Wildman–Crippen MR) is 73.9 cm³/mol. The van der Waals surface area contributed by atoms with E-state index in [1.165, 1.54) is 0 Å². The number of nitrogens with zero attached hydrogens (tertiary/aromatic N) is 1. The number of hydrogen-bond acceptors (Lipinski definition) is 4. The van der Waals surface area contributed by atoms with Gasteiger partial charge in [0.2, 0.25) is 5.91 Å². The van der Waals surface area contributed by atoms with E-state index in [2.05, 4.69) is 10.5 Å². The number of aliphatic hydroxyl groups is 1. The summed E-state index contributed by atoms with van der Waals surface area (Å²) >= 11 is 0. The lowest BCUT2D eigenvalue weighted by molar-refractivity contribution is -0.120. The zero-order chi connectivity index (χ0) is 14.5. The summed E-state index contributed by atoms with van der Waals surface area (Å²) in [5.41, 5.74) is 3.39. The average molecular weight is 274 g/mol. The van der Waals surface area contributed by atoms with Crippen LogP contribution in [0.4, 0.5) is 0 Å². The van der Waals surface area contributed by atoms with E-state index in [1.54, 1.807) is 6.92 Å². The van der Waals surface area contributed by atoms with Crippen molar-refractivity contribution in [3.05, 3.63) is 52.4 Å². The van der Waals surface area contributed by atoms with Gasteiger partial charge in [0.25, 0.3) is 0 Å². The highest BCUT2D eigenvalue weighted by Gasteiger charge is 2.13. The SMILES string of the molecule is Cc1noc(C)c1CC(=O)NCc1cccc(CO)c1. The van der Waals surface area contributed by atoms with E-state index in [0.717, 1.165) is 22.4 Å². The second kappa shape index (κ2) is 6.34. The van der Waals surface area contributed by atoms with E-state index >= 15 is 0 Å². The molecule has 1 amide bonds. The first-order valence-electron chi connectivity index (χ1n) is 6.47. The van der Waals surface area contributed by atoms with Crippen molar-refractivity contribution in [2.75, 3.05) is 0 Å². The summed E-state index contributed by atoms with van der Waals surface area (Å²) in [5, 5.41) is 15.7. The van der Waals surface area contributed by atoms with E-state index in [1.807, 2.05) is 31.2 Å². The van der Waals surface area contributed by atoms with E-state index < -0.39 is 0 Å². The highest BCUT2D eigenvalue weighted by Crippen LogP contribution is 2.12. The van der Waals surface area contributed by atoms with Crippen LogP contribution < -0.4 is 5.32 Å². The Morgan fingerprint density at radius 3 is 2.75 bits per heavy atom. The molecule has 0 atom stereocenters. The van der Waals surface area contributed by atoms with E-state index in [4.69, 9.17) is 9.63 Å². The van der Waals surface area contributed by atoms with Crippen molar-refractivity contribution in [2.24, 2.45) is 0 Å². The fourth-order valence-corrected chi connectivity index (χ4v) is 2.02. The molecule has 20 heavy (non-hydrogen) atoms. The monoisotopic (exact) mass is 274 g/mol. The Morgan fingerprint density at radius 1 is 1.35 bits per heavy atom. The molecule has 2 N–H and O–H groups in total. The normalized spacial score (nSPS) is 10.6. The van der Waals surface area contributed by atoms with Crippen molar-refractivity contribution in [2.45, 2.75) is 33.4 Å². The lowest BCUT2D eigenvalue weighted by atomic mass is 10.1. The molecule has 0 spiro atoms. The third-order valence-corrected chi connectivity index (χ3v) is 3.18. The molecule has 2 rings (SSSR count). The van der Waals surface area contributed by atoms with Crippen LogP contribution in [0, 0.1) is 13.8 Å². The Bertz CT molecular complexity index is 585. The first-order chi connectivity index (χ1) is 9.60. The number of benzene rings is 1. The second-order valence-corrected chi connectivity index (χ2v) is 4.73. The third kappa shape index (κ3) is 3.45. The lowest BCUT2D eigenvalue weighted by Gasteiger charge is -2.06. The number of carbonyl (C=O) groups excluding carboxylic acids is 1. The number of aromatic nitrogens is 1. The van der Waals surface area contributed by atoms with Gasteiger partial charge in [-0.25, -0.2) is 0 Å². The Hall–Kier alpha value is -2.14. The highest BCUT2D eigenvalue weighted by atomic mass is 16.5. The summed E-state index contributed by atoms with van der Waals surface area (Å²) in [5.74, 6) is 0.605. The fraction of sp³-hybridized carbons (Fsp3) is 0.333. The summed E-state index contributed by atoms with van der Waals surface area (Å²) in [6, 6.07) is 7.49. The smallest absolute Gasteiger partial charge is 0.224 e. The molecule has 1 heterocycles. The van der Waals surface area contributed by atoms with Crippen LogP contribution in [0.5, 0.6) is 0 Å². The van der Waals surface area contributed by atoms with Crippen LogP contribution in [0.2, 0.25) is 0 Å². The van der Waals surface area contributed by atoms with Crippen LogP contribution in [-0.2, 0) is 24.4 Å². The Balaban J connectivity index is 1.92. The molecule has 0 aliphatic carbocycles. The maximum Gasteiger partial charge on any atom is 0.224 e. The number of rotatable bonds is 5. The van der Waals surface area contributed by atoms with Crippen molar-refractivity contribution in [1.29, 1.82) is 0 Å². The standard InChI is InChI=1S/C15H18N2O3/c1-10-14(11(2)20-17-10)7-15(19)16-8-12-4-3-5-13(6-12)9-18/h3-6,18H,7-9H2,1-2H3,(H,16,19). The first kappa shape index (κ1) is 14.3. The van der Waals surface area contributed by atoms with Gasteiger partial charge in [-0.1, -0.05) is 29.4 Å². The summed E-state index contributed by atoms with van der Waals surface area (Å²) < 4.78 is 5.03. The van der Waals surface area contributed by atoms with E-state index in [-0.39, 0.29) is 18.9 Å². The molecule has 0 radical (unpaired) electrons. The Morgan fingerprint density at radius 2 is 2.10 bits per heavy atom. The maximum absolute atomic E-state index is 11.9. The molecular formula is C15H18N2O3. The molecule has 0 saturated heterocycles. The zero-order valence-corrected chi connectivity index (χ0v) is 11.6. The summed E-state index contributed by atoms with van der Waals surface area (Å²) in [4.78, 5) is 11.9. The van der Waals surface area contributed by atoms with E-state index in [0.29, 0.717) is 12.3 Å². The summed E-state index contributed by atoms with van der Waals surface area (Å²) in [6.45, 7) is 4.06. The van der Waals surface area contributed by atoms with Crippen molar-refractivity contribution >= 4 is 5.91 Å². The van der Waals surface area contributed by atoms with Gasteiger partial charge in [0.05, 0.1) is 18.7 Å². The average Bonchev–Trinajstić information content (AvgIpc) is 2.77. The van der Waals surface area contributed by atoms with Gasteiger partial charge in [-0.2, -0.15) is 0 Å². The van der Waals surface area contributed by atoms with Gasteiger partial charge >= 0.3 is 0 Å². The van der Waals surface area contributed by atoms with Crippen molar-refractivity contribution in [1.82, 2.24) is 10.5 Å². The van der Waals surface area contributed by atoms with Crippen LogP contribution >= 0.6 is 0 Å². The molecule has 0 bridgehead atoms. The molecule has 0 fully saturated rings.